The lowest BCUT2D eigenvalue weighted by Crippen LogP contribution is -2.04. The summed E-state index contributed by atoms with van der Waals surface area (Å²) in [5.74, 6) is 1.55. The third kappa shape index (κ3) is 4.50. The zero-order valence-corrected chi connectivity index (χ0v) is 12.8. The Balaban J connectivity index is 2.79. The second-order valence-corrected chi connectivity index (χ2v) is 4.95. The molecule has 0 heterocycles. The SMILES string of the molecule is CCCCCOc1c(Br)cc(CN)cc1OCC. The van der Waals surface area contributed by atoms with Crippen molar-refractivity contribution in [2.75, 3.05) is 13.2 Å². The monoisotopic (exact) mass is 315 g/mol. The molecule has 0 aliphatic carbocycles. The smallest absolute Gasteiger partial charge is 0.175 e. The van der Waals surface area contributed by atoms with E-state index in [0.717, 1.165) is 28.0 Å². The van der Waals surface area contributed by atoms with Gasteiger partial charge in [-0.05, 0) is 47.0 Å². The van der Waals surface area contributed by atoms with Crippen molar-refractivity contribution < 1.29 is 9.47 Å². The second kappa shape index (κ2) is 8.38. The Bertz CT molecular complexity index is 369. The van der Waals surface area contributed by atoms with Crippen LogP contribution in [-0.2, 0) is 6.54 Å². The van der Waals surface area contributed by atoms with Crippen LogP contribution in [0.25, 0.3) is 0 Å². The maximum Gasteiger partial charge on any atom is 0.175 e. The first kappa shape index (κ1) is 15.3. The Morgan fingerprint density at radius 1 is 1.17 bits per heavy atom. The molecule has 0 spiro atoms. The summed E-state index contributed by atoms with van der Waals surface area (Å²) in [6, 6.07) is 3.93. The standard InChI is InChI=1S/C14H22BrNO2/c1-3-5-6-7-18-14-12(15)8-11(10-16)9-13(14)17-4-2/h8-9H,3-7,10,16H2,1-2H3. The van der Waals surface area contributed by atoms with E-state index < -0.39 is 0 Å². The van der Waals surface area contributed by atoms with E-state index in [1.807, 2.05) is 19.1 Å². The summed E-state index contributed by atoms with van der Waals surface area (Å²) in [5, 5.41) is 0. The average Bonchev–Trinajstić information content (AvgIpc) is 2.37. The van der Waals surface area contributed by atoms with Gasteiger partial charge in [0.1, 0.15) is 0 Å². The van der Waals surface area contributed by atoms with Gasteiger partial charge in [-0.25, -0.2) is 0 Å². The molecule has 4 heteroatoms. The van der Waals surface area contributed by atoms with Crippen molar-refractivity contribution >= 4 is 15.9 Å². The predicted molar refractivity (Wildman–Crippen MR) is 78.2 cm³/mol. The van der Waals surface area contributed by atoms with Crippen LogP contribution < -0.4 is 15.2 Å². The van der Waals surface area contributed by atoms with Gasteiger partial charge < -0.3 is 15.2 Å². The van der Waals surface area contributed by atoms with Gasteiger partial charge in [0.05, 0.1) is 17.7 Å². The minimum Gasteiger partial charge on any atom is -0.490 e. The molecule has 3 nitrogen and oxygen atoms in total. The molecule has 0 saturated heterocycles. The molecule has 1 rings (SSSR count). The molecule has 0 aliphatic rings. The molecule has 0 atom stereocenters. The normalized spacial score (nSPS) is 10.4. The van der Waals surface area contributed by atoms with Gasteiger partial charge in [0.15, 0.2) is 11.5 Å². The van der Waals surface area contributed by atoms with Gasteiger partial charge in [0.25, 0.3) is 0 Å². The minimum atomic E-state index is 0.495. The predicted octanol–water partition coefficient (Wildman–Crippen LogP) is 3.88. The summed E-state index contributed by atoms with van der Waals surface area (Å²) in [7, 11) is 0. The maximum atomic E-state index is 5.81. The first-order valence-corrected chi connectivity index (χ1v) is 7.30. The van der Waals surface area contributed by atoms with Gasteiger partial charge in [-0.3, -0.25) is 0 Å². The molecule has 0 amide bonds. The number of rotatable bonds is 8. The van der Waals surface area contributed by atoms with Crippen molar-refractivity contribution in [1.82, 2.24) is 0 Å². The third-order valence-corrected chi connectivity index (χ3v) is 3.19. The van der Waals surface area contributed by atoms with Gasteiger partial charge in [0.2, 0.25) is 0 Å². The van der Waals surface area contributed by atoms with Crippen molar-refractivity contribution in [1.29, 1.82) is 0 Å². The number of halogens is 1. The Kier molecular flexibility index (Phi) is 7.13. The number of hydrogen-bond acceptors (Lipinski definition) is 3. The molecule has 102 valence electrons. The summed E-state index contributed by atoms with van der Waals surface area (Å²) in [6.07, 6.45) is 3.44. The minimum absolute atomic E-state index is 0.495. The summed E-state index contributed by atoms with van der Waals surface area (Å²) in [4.78, 5) is 0. The molecular formula is C14H22BrNO2. The van der Waals surface area contributed by atoms with Crippen molar-refractivity contribution in [3.05, 3.63) is 22.2 Å². The van der Waals surface area contributed by atoms with Crippen LogP contribution >= 0.6 is 15.9 Å². The quantitative estimate of drug-likeness (QED) is 0.740. The number of benzene rings is 1. The first-order valence-electron chi connectivity index (χ1n) is 6.51. The van der Waals surface area contributed by atoms with E-state index in [2.05, 4.69) is 22.9 Å². The number of ether oxygens (including phenoxy) is 2. The molecule has 0 bridgehead atoms. The highest BCUT2D eigenvalue weighted by Gasteiger charge is 2.11. The molecule has 0 saturated carbocycles. The molecule has 0 aromatic heterocycles. The van der Waals surface area contributed by atoms with Crippen LogP contribution in [-0.4, -0.2) is 13.2 Å². The molecule has 0 aliphatic heterocycles. The molecular weight excluding hydrogens is 294 g/mol. The molecule has 1 aromatic rings. The Morgan fingerprint density at radius 2 is 1.94 bits per heavy atom. The fourth-order valence-corrected chi connectivity index (χ4v) is 2.27. The van der Waals surface area contributed by atoms with E-state index in [0.29, 0.717) is 19.8 Å². The van der Waals surface area contributed by atoms with E-state index in [-0.39, 0.29) is 0 Å². The average molecular weight is 316 g/mol. The van der Waals surface area contributed by atoms with Crippen molar-refractivity contribution in [3.63, 3.8) is 0 Å². The number of nitrogens with two attached hydrogens (primary N) is 1. The lowest BCUT2D eigenvalue weighted by molar-refractivity contribution is 0.269. The lowest BCUT2D eigenvalue weighted by atomic mass is 10.2. The fourth-order valence-electron chi connectivity index (χ4n) is 1.67. The van der Waals surface area contributed by atoms with E-state index in [4.69, 9.17) is 15.2 Å². The summed E-state index contributed by atoms with van der Waals surface area (Å²) >= 11 is 3.52. The van der Waals surface area contributed by atoms with Crippen LogP contribution in [0.2, 0.25) is 0 Å². The van der Waals surface area contributed by atoms with Gasteiger partial charge in [-0.2, -0.15) is 0 Å². The van der Waals surface area contributed by atoms with E-state index in [1.54, 1.807) is 0 Å². The van der Waals surface area contributed by atoms with Gasteiger partial charge in [-0.1, -0.05) is 19.8 Å². The summed E-state index contributed by atoms with van der Waals surface area (Å²) in [5.41, 5.74) is 6.69. The fraction of sp³-hybridized carbons (Fsp3) is 0.571. The first-order chi connectivity index (χ1) is 8.72. The summed E-state index contributed by atoms with van der Waals surface area (Å²) in [6.45, 7) is 5.97. The zero-order valence-electron chi connectivity index (χ0n) is 11.2. The van der Waals surface area contributed by atoms with Crippen molar-refractivity contribution in [3.8, 4) is 11.5 Å². The van der Waals surface area contributed by atoms with E-state index in [9.17, 15) is 0 Å². The largest absolute Gasteiger partial charge is 0.490 e. The highest BCUT2D eigenvalue weighted by molar-refractivity contribution is 9.10. The number of unbranched alkanes of at least 4 members (excludes halogenated alkanes) is 2. The van der Waals surface area contributed by atoms with Crippen LogP contribution in [0.4, 0.5) is 0 Å². The Labute approximate surface area is 118 Å². The molecule has 0 radical (unpaired) electrons. The van der Waals surface area contributed by atoms with E-state index >= 15 is 0 Å². The zero-order chi connectivity index (χ0) is 13.4. The highest BCUT2D eigenvalue weighted by atomic mass is 79.9. The van der Waals surface area contributed by atoms with Gasteiger partial charge in [0, 0.05) is 6.54 Å². The van der Waals surface area contributed by atoms with Crippen LogP contribution in [0, 0.1) is 0 Å². The van der Waals surface area contributed by atoms with Crippen LogP contribution in [0.3, 0.4) is 0 Å². The summed E-state index contributed by atoms with van der Waals surface area (Å²) < 4.78 is 12.3. The molecule has 2 N–H and O–H groups in total. The van der Waals surface area contributed by atoms with Crippen LogP contribution in [0.15, 0.2) is 16.6 Å². The molecule has 0 unspecified atom stereocenters. The Morgan fingerprint density at radius 3 is 2.56 bits per heavy atom. The third-order valence-electron chi connectivity index (χ3n) is 2.60. The van der Waals surface area contributed by atoms with Crippen LogP contribution in [0.5, 0.6) is 11.5 Å². The molecule has 18 heavy (non-hydrogen) atoms. The Hall–Kier alpha value is -0.740. The van der Waals surface area contributed by atoms with Gasteiger partial charge >= 0.3 is 0 Å². The highest BCUT2D eigenvalue weighted by Crippen LogP contribution is 2.37. The molecule has 0 fully saturated rings. The van der Waals surface area contributed by atoms with Crippen molar-refractivity contribution in [2.24, 2.45) is 5.73 Å². The van der Waals surface area contributed by atoms with Gasteiger partial charge in [-0.15, -0.1) is 0 Å². The second-order valence-electron chi connectivity index (χ2n) is 4.10. The lowest BCUT2D eigenvalue weighted by Gasteiger charge is -2.15. The number of hydrogen-bond donors (Lipinski definition) is 1. The maximum absolute atomic E-state index is 5.81. The van der Waals surface area contributed by atoms with Crippen molar-refractivity contribution in [2.45, 2.75) is 39.7 Å². The molecule has 1 aromatic carbocycles. The van der Waals surface area contributed by atoms with Crippen LogP contribution in [0.1, 0.15) is 38.7 Å². The topological polar surface area (TPSA) is 44.5 Å². The van der Waals surface area contributed by atoms with E-state index in [1.165, 1.54) is 12.8 Å².